The van der Waals surface area contributed by atoms with Crippen LogP contribution in [0.1, 0.15) is 22.8 Å². The molecule has 3 aromatic carbocycles. The summed E-state index contributed by atoms with van der Waals surface area (Å²) in [5.41, 5.74) is 6.14. The Balaban J connectivity index is 1.62. The number of fused-ring (bicyclic) bond motifs is 5. The molecular formula is C30H29N3O4. The van der Waals surface area contributed by atoms with Crippen LogP contribution in [0.25, 0.3) is 22.2 Å². The molecule has 1 aromatic heterocycles. The topological polar surface area (TPSA) is 68.3 Å². The molecule has 0 radical (unpaired) electrons. The van der Waals surface area contributed by atoms with Gasteiger partial charge in [-0.25, -0.2) is 0 Å². The fraction of sp³-hybridized carbons (Fsp3) is 0.233. The van der Waals surface area contributed by atoms with E-state index in [2.05, 4.69) is 21.0 Å². The van der Waals surface area contributed by atoms with Crippen LogP contribution in [-0.4, -0.2) is 57.1 Å². The minimum absolute atomic E-state index is 0.588. The second-order valence-corrected chi connectivity index (χ2v) is 8.99. The van der Waals surface area contributed by atoms with Crippen molar-refractivity contribution >= 4 is 16.6 Å². The number of ether oxygens (including phenoxy) is 3. The Morgan fingerprint density at radius 1 is 0.973 bits per heavy atom. The third kappa shape index (κ3) is 4.59. The van der Waals surface area contributed by atoms with E-state index in [1.807, 2.05) is 74.8 Å². The molecule has 4 aromatic rings. The monoisotopic (exact) mass is 495 g/mol. The molecule has 37 heavy (non-hydrogen) atoms. The first-order chi connectivity index (χ1) is 18.0. The molecule has 1 N–H and O–H groups in total. The maximum atomic E-state index is 6.02. The Morgan fingerprint density at radius 3 is 2.38 bits per heavy atom. The van der Waals surface area contributed by atoms with Gasteiger partial charge in [-0.2, -0.15) is 0 Å². The average Bonchev–Trinajstić information content (AvgIpc) is 3.43. The third-order valence-corrected chi connectivity index (χ3v) is 6.37. The summed E-state index contributed by atoms with van der Waals surface area (Å²) >= 11 is 0. The van der Waals surface area contributed by atoms with E-state index in [4.69, 9.17) is 25.5 Å². The van der Waals surface area contributed by atoms with Crippen LogP contribution in [0.15, 0.2) is 65.8 Å². The molecule has 7 heteroatoms. The molecule has 0 aliphatic heterocycles. The van der Waals surface area contributed by atoms with E-state index in [-0.39, 0.29) is 0 Å². The number of nitrogens with zero attached hydrogens (tertiary/aromatic N) is 2. The minimum atomic E-state index is -0.628. The zero-order valence-electron chi connectivity index (χ0n) is 21.4. The molecule has 1 unspecified atom stereocenters. The maximum Gasteiger partial charge on any atom is 0.212 e. The first kappa shape index (κ1) is 24.3. The summed E-state index contributed by atoms with van der Waals surface area (Å²) < 4.78 is 17.2. The summed E-state index contributed by atoms with van der Waals surface area (Å²) in [6.07, 6.45) is 5.19. The number of aromatic amines is 1. The highest BCUT2D eigenvalue weighted by Crippen LogP contribution is 2.46. The van der Waals surface area contributed by atoms with E-state index in [1.165, 1.54) is 0 Å². The van der Waals surface area contributed by atoms with Crippen molar-refractivity contribution in [3.05, 3.63) is 77.4 Å². The molecule has 0 amide bonds. The van der Waals surface area contributed by atoms with Gasteiger partial charge in [-0.1, -0.05) is 41.4 Å². The van der Waals surface area contributed by atoms with Crippen LogP contribution in [0.2, 0.25) is 0 Å². The SMILES string of the molecule is C#CC(O/N=C1\c2cc(OC)c(OC)cc2-c2[nH]c3ccc(OCCN(C)C)cc3c21)c1ccccc1. The number of hydrogen-bond donors (Lipinski definition) is 1. The molecule has 0 spiro atoms. The molecule has 1 aliphatic rings. The molecular weight excluding hydrogens is 466 g/mol. The number of rotatable bonds is 9. The minimum Gasteiger partial charge on any atom is -0.493 e. The van der Waals surface area contributed by atoms with Crippen LogP contribution >= 0.6 is 0 Å². The Bertz CT molecular complexity index is 1500. The number of nitrogens with one attached hydrogen (secondary N) is 1. The summed E-state index contributed by atoms with van der Waals surface area (Å²) in [4.78, 5) is 11.6. The van der Waals surface area contributed by atoms with E-state index >= 15 is 0 Å². The standard InChI is InChI=1S/C30H29N3O4/c1-6-25(19-10-8-7-9-11-19)37-32-30-22-18-27(35-5)26(34-4)17-21(22)29-28(30)23-16-20(12-13-24(23)31-29)36-15-14-33(2)3/h1,7-13,16-18,25,31H,14-15H2,2-5H3/b32-30+. The van der Waals surface area contributed by atoms with E-state index in [0.29, 0.717) is 23.8 Å². The molecule has 1 heterocycles. The number of methoxy groups -OCH3 is 2. The molecule has 0 bridgehead atoms. The third-order valence-electron chi connectivity index (χ3n) is 6.37. The van der Waals surface area contributed by atoms with Crippen LogP contribution in [0.3, 0.4) is 0 Å². The number of benzene rings is 3. The van der Waals surface area contributed by atoms with E-state index in [1.54, 1.807) is 14.2 Å². The zero-order chi connectivity index (χ0) is 25.9. The van der Waals surface area contributed by atoms with Gasteiger partial charge in [-0.05, 0) is 44.4 Å². The Kier molecular flexibility index (Phi) is 6.76. The van der Waals surface area contributed by atoms with Gasteiger partial charge in [0, 0.05) is 39.7 Å². The summed E-state index contributed by atoms with van der Waals surface area (Å²) in [5, 5.41) is 5.61. The second kappa shape index (κ2) is 10.3. The number of terminal acetylenes is 1. The number of likely N-dealkylation sites (N-methyl/N-ethyl adjacent to an activating group) is 1. The second-order valence-electron chi connectivity index (χ2n) is 8.99. The van der Waals surface area contributed by atoms with Crippen LogP contribution in [0.5, 0.6) is 17.2 Å². The van der Waals surface area contributed by atoms with Gasteiger partial charge in [0.05, 0.1) is 19.9 Å². The lowest BCUT2D eigenvalue weighted by Gasteiger charge is -2.13. The molecule has 1 atom stereocenters. The van der Waals surface area contributed by atoms with Gasteiger partial charge in [0.15, 0.2) is 11.5 Å². The highest BCUT2D eigenvalue weighted by atomic mass is 16.6. The lowest BCUT2D eigenvalue weighted by molar-refractivity contribution is 0.100. The van der Waals surface area contributed by atoms with E-state index < -0.39 is 6.10 Å². The van der Waals surface area contributed by atoms with Crippen LogP contribution < -0.4 is 14.2 Å². The lowest BCUT2D eigenvalue weighted by atomic mass is 10.1. The Hall–Kier alpha value is -4.41. The molecule has 0 fully saturated rings. The maximum absolute atomic E-state index is 6.02. The fourth-order valence-corrected chi connectivity index (χ4v) is 4.49. The fourth-order valence-electron chi connectivity index (χ4n) is 4.49. The summed E-state index contributed by atoms with van der Waals surface area (Å²) in [6, 6.07) is 19.5. The predicted octanol–water partition coefficient (Wildman–Crippen LogP) is 5.25. The van der Waals surface area contributed by atoms with Gasteiger partial charge in [0.2, 0.25) is 6.10 Å². The van der Waals surface area contributed by atoms with Crippen molar-refractivity contribution in [2.45, 2.75) is 6.10 Å². The quantitative estimate of drug-likeness (QED) is 0.224. The number of H-pyrrole nitrogens is 1. The first-order valence-corrected chi connectivity index (χ1v) is 12.0. The van der Waals surface area contributed by atoms with Gasteiger partial charge < -0.3 is 28.9 Å². The Morgan fingerprint density at radius 2 is 1.70 bits per heavy atom. The average molecular weight is 496 g/mol. The highest BCUT2D eigenvalue weighted by Gasteiger charge is 2.32. The zero-order valence-corrected chi connectivity index (χ0v) is 21.4. The normalized spacial score (nSPS) is 13.8. The molecule has 1 aliphatic carbocycles. The van der Waals surface area contributed by atoms with Crippen LogP contribution in [0.4, 0.5) is 0 Å². The van der Waals surface area contributed by atoms with E-state index in [0.717, 1.165) is 51.1 Å². The number of aromatic nitrogens is 1. The van der Waals surface area contributed by atoms with Crippen molar-refractivity contribution in [3.8, 4) is 40.8 Å². The van der Waals surface area contributed by atoms with Crippen LogP contribution in [0, 0.1) is 12.3 Å². The van der Waals surface area contributed by atoms with Gasteiger partial charge in [0.25, 0.3) is 0 Å². The Labute approximate surface area is 216 Å². The predicted molar refractivity (Wildman–Crippen MR) is 146 cm³/mol. The van der Waals surface area contributed by atoms with Gasteiger partial charge in [0.1, 0.15) is 18.1 Å². The van der Waals surface area contributed by atoms with Crippen molar-refractivity contribution in [1.29, 1.82) is 0 Å². The van der Waals surface area contributed by atoms with Gasteiger partial charge in [-0.15, -0.1) is 6.42 Å². The van der Waals surface area contributed by atoms with Gasteiger partial charge in [-0.3, -0.25) is 0 Å². The van der Waals surface area contributed by atoms with Crippen molar-refractivity contribution in [2.75, 3.05) is 41.5 Å². The van der Waals surface area contributed by atoms with Crippen molar-refractivity contribution in [3.63, 3.8) is 0 Å². The molecule has 0 saturated carbocycles. The smallest absolute Gasteiger partial charge is 0.212 e. The molecule has 0 saturated heterocycles. The first-order valence-electron chi connectivity index (χ1n) is 12.0. The largest absolute Gasteiger partial charge is 0.493 e. The molecule has 188 valence electrons. The van der Waals surface area contributed by atoms with Gasteiger partial charge >= 0.3 is 0 Å². The van der Waals surface area contributed by atoms with Crippen molar-refractivity contribution in [1.82, 2.24) is 9.88 Å². The van der Waals surface area contributed by atoms with Crippen LogP contribution in [-0.2, 0) is 4.84 Å². The van der Waals surface area contributed by atoms with E-state index in [9.17, 15) is 0 Å². The number of oxime groups is 1. The summed E-state index contributed by atoms with van der Waals surface area (Å²) in [6.45, 7) is 1.41. The molecule has 5 rings (SSSR count). The highest BCUT2D eigenvalue weighted by molar-refractivity contribution is 6.30. The molecule has 7 nitrogen and oxygen atoms in total. The summed E-state index contributed by atoms with van der Waals surface area (Å²) in [7, 11) is 7.28. The van der Waals surface area contributed by atoms with Crippen molar-refractivity contribution in [2.24, 2.45) is 5.16 Å². The lowest BCUT2D eigenvalue weighted by Crippen LogP contribution is -2.19. The van der Waals surface area contributed by atoms with Crippen molar-refractivity contribution < 1.29 is 19.0 Å². The number of hydrogen-bond acceptors (Lipinski definition) is 6. The summed E-state index contributed by atoms with van der Waals surface area (Å²) in [5.74, 6) is 4.72.